The van der Waals surface area contributed by atoms with Crippen LogP contribution in [0.5, 0.6) is 0 Å². The van der Waals surface area contributed by atoms with E-state index in [4.69, 9.17) is 23.2 Å². The molecule has 0 spiro atoms. The minimum absolute atomic E-state index is 0.289. The Morgan fingerprint density at radius 1 is 0.673 bits per heavy atom. The summed E-state index contributed by atoms with van der Waals surface area (Å²) in [4.78, 5) is 0. The average Bonchev–Trinajstić information content (AvgIpc) is 3.84. The molecule has 3 atom stereocenters. The SMILES string of the molecule is CCCCCC#C[C@H](O)c1occc1B1O[C@@H](C(OC)(c2ccccc2)c2ccccc2)[C@H](C(OC)(c2ccccc2)c2ccccc2)O1. The molecule has 4 aromatic carbocycles. The molecule has 1 N–H and O–H groups in total. The van der Waals surface area contributed by atoms with Gasteiger partial charge in [0, 0.05) is 26.1 Å². The zero-order valence-corrected chi connectivity index (χ0v) is 28.3. The molecule has 5 aromatic rings. The number of benzene rings is 4. The fourth-order valence-corrected chi connectivity index (χ4v) is 7.09. The average molecular weight is 655 g/mol. The summed E-state index contributed by atoms with van der Waals surface area (Å²) >= 11 is 0. The van der Waals surface area contributed by atoms with Crippen molar-refractivity contribution >= 4 is 12.6 Å². The number of ether oxygens (including phenoxy) is 2. The van der Waals surface area contributed by atoms with Crippen LogP contribution in [0.15, 0.2) is 138 Å². The molecule has 0 saturated carbocycles. The van der Waals surface area contributed by atoms with Gasteiger partial charge in [-0.1, -0.05) is 147 Å². The highest BCUT2D eigenvalue weighted by atomic mass is 16.7. The number of aliphatic hydroxyl groups excluding tert-OH is 1. The van der Waals surface area contributed by atoms with Gasteiger partial charge in [0.15, 0.2) is 6.10 Å². The number of hydrogen-bond acceptors (Lipinski definition) is 6. The predicted octanol–water partition coefficient (Wildman–Crippen LogP) is 7.56. The first-order valence-corrected chi connectivity index (χ1v) is 17.0. The molecular weight excluding hydrogens is 611 g/mol. The molecule has 0 radical (unpaired) electrons. The normalized spacial score (nSPS) is 17.0. The minimum Gasteiger partial charge on any atom is -0.466 e. The quantitative estimate of drug-likeness (QED) is 0.0804. The van der Waals surface area contributed by atoms with Crippen molar-refractivity contribution in [1.29, 1.82) is 0 Å². The largest absolute Gasteiger partial charge is 0.498 e. The molecule has 1 saturated heterocycles. The molecule has 6 nitrogen and oxygen atoms in total. The van der Waals surface area contributed by atoms with Crippen molar-refractivity contribution in [2.24, 2.45) is 0 Å². The summed E-state index contributed by atoms with van der Waals surface area (Å²) in [6.07, 6.45) is 2.71. The Balaban J connectivity index is 1.55. The van der Waals surface area contributed by atoms with E-state index >= 15 is 0 Å². The standard InChI is InChI=1S/C42H43BO6/c1-4-5-6-7-20-29-37(44)38-36(30-31-47-38)43-48-39(41(45-2,32-21-12-8-13-22-32)33-23-14-9-15-24-33)40(49-43)42(46-3,34-25-16-10-17-26-34)35-27-18-11-19-28-35/h8-19,21-28,30-31,37,39-40,44H,4-7H2,1-3H3/t37-,39+,40+/m0/s1. The molecule has 1 aliphatic rings. The highest BCUT2D eigenvalue weighted by Crippen LogP contribution is 2.50. The first-order valence-electron chi connectivity index (χ1n) is 17.0. The summed E-state index contributed by atoms with van der Waals surface area (Å²) in [6, 6.07) is 42.1. The van der Waals surface area contributed by atoms with E-state index in [1.165, 1.54) is 6.26 Å². The number of rotatable bonds is 13. The van der Waals surface area contributed by atoms with Crippen molar-refractivity contribution in [1.82, 2.24) is 0 Å². The fourth-order valence-electron chi connectivity index (χ4n) is 7.09. The van der Waals surface area contributed by atoms with Crippen molar-refractivity contribution < 1.29 is 28.3 Å². The van der Waals surface area contributed by atoms with Crippen LogP contribution in [-0.2, 0) is 30.0 Å². The molecule has 7 heteroatoms. The van der Waals surface area contributed by atoms with Gasteiger partial charge in [-0.25, -0.2) is 0 Å². The van der Waals surface area contributed by atoms with Crippen LogP contribution in [0.1, 0.15) is 66.7 Å². The van der Waals surface area contributed by atoms with Gasteiger partial charge in [0.2, 0.25) is 0 Å². The molecule has 1 aromatic heterocycles. The molecule has 0 aliphatic carbocycles. The van der Waals surface area contributed by atoms with E-state index in [9.17, 15) is 5.11 Å². The minimum atomic E-state index is -1.16. The fraction of sp³-hybridized carbons (Fsp3) is 0.286. The summed E-state index contributed by atoms with van der Waals surface area (Å²) in [5.41, 5.74) is 1.80. The van der Waals surface area contributed by atoms with Crippen LogP contribution in [0.3, 0.4) is 0 Å². The number of aliphatic hydroxyl groups is 1. The Morgan fingerprint density at radius 3 is 1.49 bits per heavy atom. The third kappa shape index (κ3) is 6.63. The second-order valence-corrected chi connectivity index (χ2v) is 12.2. The highest BCUT2D eigenvalue weighted by molar-refractivity contribution is 6.62. The van der Waals surface area contributed by atoms with Gasteiger partial charge in [-0.2, -0.15) is 0 Å². The van der Waals surface area contributed by atoms with Crippen molar-refractivity contribution in [3.05, 3.63) is 162 Å². The first kappa shape index (κ1) is 34.4. The van der Waals surface area contributed by atoms with E-state index < -0.39 is 36.6 Å². The molecule has 0 unspecified atom stereocenters. The Labute approximate surface area is 290 Å². The van der Waals surface area contributed by atoms with Gasteiger partial charge in [0.25, 0.3) is 0 Å². The molecule has 2 heterocycles. The second-order valence-electron chi connectivity index (χ2n) is 12.2. The van der Waals surface area contributed by atoms with Gasteiger partial charge in [-0.05, 0) is 34.7 Å². The van der Waals surface area contributed by atoms with E-state index in [2.05, 4.69) is 18.8 Å². The maximum Gasteiger partial charge on any atom is 0.498 e. The Morgan fingerprint density at radius 2 is 1.10 bits per heavy atom. The van der Waals surface area contributed by atoms with Crippen LogP contribution >= 0.6 is 0 Å². The lowest BCUT2D eigenvalue weighted by atomic mass is 9.71. The third-order valence-corrected chi connectivity index (χ3v) is 9.44. The van der Waals surface area contributed by atoms with E-state index in [0.717, 1.165) is 41.5 Å². The van der Waals surface area contributed by atoms with Gasteiger partial charge >= 0.3 is 7.12 Å². The highest BCUT2D eigenvalue weighted by Gasteiger charge is 2.62. The third-order valence-electron chi connectivity index (χ3n) is 9.44. The van der Waals surface area contributed by atoms with Crippen LogP contribution in [0.2, 0.25) is 0 Å². The van der Waals surface area contributed by atoms with E-state index in [-0.39, 0.29) is 5.76 Å². The Hall–Kier alpha value is -4.42. The smallest absolute Gasteiger partial charge is 0.466 e. The number of furan rings is 1. The van der Waals surface area contributed by atoms with E-state index in [0.29, 0.717) is 11.9 Å². The lowest BCUT2D eigenvalue weighted by Gasteiger charge is -2.46. The maximum atomic E-state index is 11.2. The summed E-state index contributed by atoms with van der Waals surface area (Å²) < 4.78 is 33.6. The Bertz CT molecular complexity index is 1620. The molecule has 49 heavy (non-hydrogen) atoms. The van der Waals surface area contributed by atoms with Crippen LogP contribution in [0.4, 0.5) is 0 Å². The van der Waals surface area contributed by atoms with Crippen molar-refractivity contribution in [2.45, 2.75) is 62.1 Å². The predicted molar refractivity (Wildman–Crippen MR) is 192 cm³/mol. The van der Waals surface area contributed by atoms with Crippen LogP contribution < -0.4 is 5.46 Å². The molecule has 1 fully saturated rings. The first-order chi connectivity index (χ1) is 24.1. The van der Waals surface area contributed by atoms with Crippen LogP contribution in [-0.4, -0.2) is 38.7 Å². The van der Waals surface area contributed by atoms with Crippen LogP contribution in [0.25, 0.3) is 0 Å². The van der Waals surface area contributed by atoms with Crippen molar-refractivity contribution in [2.75, 3.05) is 14.2 Å². The van der Waals surface area contributed by atoms with Crippen molar-refractivity contribution in [3.8, 4) is 11.8 Å². The summed E-state index contributed by atoms with van der Waals surface area (Å²) in [5, 5.41) is 11.2. The summed E-state index contributed by atoms with van der Waals surface area (Å²) in [7, 11) is 2.45. The molecule has 1 aliphatic heterocycles. The maximum absolute atomic E-state index is 11.2. The number of methoxy groups -OCH3 is 2. The topological polar surface area (TPSA) is 70.3 Å². The van der Waals surface area contributed by atoms with Crippen LogP contribution in [0, 0.1) is 11.8 Å². The number of unbranched alkanes of at least 4 members (excludes halogenated alkanes) is 3. The molecule has 0 bridgehead atoms. The number of hydrogen-bond donors (Lipinski definition) is 1. The van der Waals surface area contributed by atoms with Gasteiger partial charge in [-0.15, -0.1) is 5.92 Å². The molecule has 250 valence electrons. The Kier molecular flexibility index (Phi) is 11.2. The van der Waals surface area contributed by atoms with E-state index in [1.807, 2.05) is 121 Å². The lowest BCUT2D eigenvalue weighted by Crippen LogP contribution is -2.56. The monoisotopic (exact) mass is 654 g/mol. The van der Waals surface area contributed by atoms with Crippen molar-refractivity contribution in [3.63, 3.8) is 0 Å². The summed E-state index contributed by atoms with van der Waals surface area (Å²) in [6.45, 7) is 2.15. The zero-order chi connectivity index (χ0) is 34.1. The molecule has 0 amide bonds. The van der Waals surface area contributed by atoms with Gasteiger partial charge in [0.1, 0.15) is 29.2 Å². The molecule has 6 rings (SSSR count). The van der Waals surface area contributed by atoms with Gasteiger partial charge in [0.05, 0.1) is 6.26 Å². The van der Waals surface area contributed by atoms with Gasteiger partial charge in [-0.3, -0.25) is 0 Å². The second kappa shape index (κ2) is 15.9. The van der Waals surface area contributed by atoms with Gasteiger partial charge < -0.3 is 28.3 Å². The lowest BCUT2D eigenvalue weighted by molar-refractivity contribution is -0.136. The summed E-state index contributed by atoms with van der Waals surface area (Å²) in [5.74, 6) is 6.37. The molecular formula is C42H43BO6. The van der Waals surface area contributed by atoms with E-state index in [1.54, 1.807) is 20.3 Å². The zero-order valence-electron chi connectivity index (χ0n) is 28.3.